The van der Waals surface area contributed by atoms with Crippen LogP contribution in [-0.4, -0.2) is 50.0 Å². The van der Waals surface area contributed by atoms with Crippen molar-refractivity contribution in [1.82, 2.24) is 19.9 Å². The number of carbonyl (C=O) groups excluding carboxylic acids is 1. The van der Waals surface area contributed by atoms with Crippen molar-refractivity contribution in [2.75, 3.05) is 13.1 Å². The maximum Gasteiger partial charge on any atom is 0.358 e. The largest absolute Gasteiger partial charge is 0.476 e. The molecule has 1 fully saturated rings. The number of likely N-dealkylation sites (tertiary alicyclic amines) is 1. The highest BCUT2D eigenvalue weighted by Crippen LogP contribution is 2.27. The Hall–Kier alpha value is -2.70. The zero-order valence-electron chi connectivity index (χ0n) is 13.3. The number of nitrogens with zero attached hydrogens (tertiary/aromatic N) is 4. The standard InChI is InChI=1S/C17H20N4O3/c22-16(12-21-11-15(17(23)24)18-19-21)20-9-4-7-14(8-10-20)13-5-2-1-3-6-13/h1-3,5-6,11,14H,4,7-10,12H2,(H,23,24). The number of carboxylic acids is 1. The van der Waals surface area contributed by atoms with E-state index in [9.17, 15) is 9.59 Å². The molecule has 0 saturated carbocycles. The van der Waals surface area contributed by atoms with Crippen molar-refractivity contribution in [3.05, 3.63) is 47.8 Å². The van der Waals surface area contributed by atoms with Gasteiger partial charge in [-0.1, -0.05) is 35.5 Å². The van der Waals surface area contributed by atoms with Gasteiger partial charge in [0.2, 0.25) is 5.91 Å². The van der Waals surface area contributed by atoms with Crippen LogP contribution in [0.3, 0.4) is 0 Å². The maximum absolute atomic E-state index is 12.4. The van der Waals surface area contributed by atoms with Gasteiger partial charge in [-0.3, -0.25) is 4.79 Å². The van der Waals surface area contributed by atoms with Crippen molar-refractivity contribution >= 4 is 11.9 Å². The van der Waals surface area contributed by atoms with E-state index >= 15 is 0 Å². The predicted octanol–water partition coefficient (Wildman–Crippen LogP) is 1.77. The number of carboxylic acid groups (broad SMARTS) is 1. The zero-order valence-corrected chi connectivity index (χ0v) is 13.3. The minimum atomic E-state index is -1.14. The Morgan fingerprint density at radius 2 is 1.96 bits per heavy atom. The fourth-order valence-corrected chi connectivity index (χ4v) is 3.12. The summed E-state index contributed by atoms with van der Waals surface area (Å²) in [6.07, 6.45) is 4.25. The van der Waals surface area contributed by atoms with Crippen LogP contribution in [0.15, 0.2) is 36.5 Å². The van der Waals surface area contributed by atoms with E-state index in [1.165, 1.54) is 16.4 Å². The quantitative estimate of drug-likeness (QED) is 0.924. The molecular weight excluding hydrogens is 308 g/mol. The van der Waals surface area contributed by atoms with Gasteiger partial charge in [0, 0.05) is 13.1 Å². The molecule has 1 amide bonds. The number of rotatable bonds is 4. The summed E-state index contributed by atoms with van der Waals surface area (Å²) in [4.78, 5) is 25.1. The topological polar surface area (TPSA) is 88.3 Å². The van der Waals surface area contributed by atoms with Gasteiger partial charge in [0.05, 0.1) is 6.20 Å². The van der Waals surface area contributed by atoms with E-state index in [0.717, 1.165) is 25.8 Å². The van der Waals surface area contributed by atoms with Crippen molar-refractivity contribution in [2.45, 2.75) is 31.7 Å². The number of hydrogen-bond donors (Lipinski definition) is 1. The third-order valence-electron chi connectivity index (χ3n) is 4.41. The van der Waals surface area contributed by atoms with Gasteiger partial charge >= 0.3 is 5.97 Å². The van der Waals surface area contributed by atoms with Crippen molar-refractivity contribution in [3.8, 4) is 0 Å². The van der Waals surface area contributed by atoms with Crippen LogP contribution >= 0.6 is 0 Å². The molecule has 1 N–H and O–H groups in total. The Balaban J connectivity index is 1.59. The monoisotopic (exact) mass is 328 g/mol. The summed E-state index contributed by atoms with van der Waals surface area (Å²) in [5.41, 5.74) is 1.18. The number of benzene rings is 1. The molecule has 1 unspecified atom stereocenters. The summed E-state index contributed by atoms with van der Waals surface area (Å²) in [6.45, 7) is 1.46. The van der Waals surface area contributed by atoms with Crippen LogP contribution in [0.25, 0.3) is 0 Å². The summed E-state index contributed by atoms with van der Waals surface area (Å²) < 4.78 is 1.28. The molecule has 3 rings (SSSR count). The van der Waals surface area contributed by atoms with Gasteiger partial charge in [0.15, 0.2) is 5.69 Å². The molecular formula is C17H20N4O3. The molecule has 0 spiro atoms. The van der Waals surface area contributed by atoms with Gasteiger partial charge in [-0.2, -0.15) is 0 Å². The van der Waals surface area contributed by atoms with Gasteiger partial charge in [-0.15, -0.1) is 5.10 Å². The number of hydrogen-bond acceptors (Lipinski definition) is 4. The molecule has 1 saturated heterocycles. The first-order valence-corrected chi connectivity index (χ1v) is 8.09. The molecule has 1 atom stereocenters. The Morgan fingerprint density at radius 1 is 1.17 bits per heavy atom. The van der Waals surface area contributed by atoms with Gasteiger partial charge in [0.1, 0.15) is 6.54 Å². The predicted molar refractivity (Wildman–Crippen MR) is 86.6 cm³/mol. The molecule has 24 heavy (non-hydrogen) atoms. The number of aromatic nitrogens is 3. The van der Waals surface area contributed by atoms with E-state index in [2.05, 4.69) is 22.4 Å². The van der Waals surface area contributed by atoms with Crippen molar-refractivity contribution in [2.24, 2.45) is 0 Å². The third kappa shape index (κ3) is 3.79. The summed E-state index contributed by atoms with van der Waals surface area (Å²) in [7, 11) is 0. The summed E-state index contributed by atoms with van der Waals surface area (Å²) in [5, 5.41) is 16.1. The van der Waals surface area contributed by atoms with E-state index in [1.54, 1.807) is 0 Å². The molecule has 1 aromatic carbocycles. The number of carbonyl (C=O) groups is 2. The lowest BCUT2D eigenvalue weighted by Crippen LogP contribution is -2.34. The number of amides is 1. The summed E-state index contributed by atoms with van der Waals surface area (Å²) >= 11 is 0. The Kier molecular flexibility index (Phi) is 4.88. The Morgan fingerprint density at radius 3 is 2.67 bits per heavy atom. The second kappa shape index (κ2) is 7.25. The first-order valence-electron chi connectivity index (χ1n) is 8.09. The Labute approximate surface area is 139 Å². The first-order chi connectivity index (χ1) is 11.6. The molecule has 1 aliphatic heterocycles. The SMILES string of the molecule is O=C(O)c1cn(CC(=O)N2CCCC(c3ccccc3)CC2)nn1. The Bertz CT molecular complexity index is 714. The van der Waals surface area contributed by atoms with Crippen molar-refractivity contribution in [3.63, 3.8) is 0 Å². The van der Waals surface area contributed by atoms with E-state index in [1.807, 2.05) is 23.1 Å². The molecule has 2 heterocycles. The molecule has 0 aliphatic carbocycles. The molecule has 2 aromatic rings. The fraction of sp³-hybridized carbons (Fsp3) is 0.412. The lowest BCUT2D eigenvalue weighted by atomic mass is 9.92. The highest BCUT2D eigenvalue weighted by Gasteiger charge is 2.22. The molecule has 7 heteroatoms. The van der Waals surface area contributed by atoms with Crippen LogP contribution in [0, 0.1) is 0 Å². The molecule has 7 nitrogen and oxygen atoms in total. The van der Waals surface area contributed by atoms with Gasteiger partial charge in [-0.25, -0.2) is 9.48 Å². The van der Waals surface area contributed by atoms with Crippen LogP contribution in [0.1, 0.15) is 41.2 Å². The van der Waals surface area contributed by atoms with Crippen LogP contribution < -0.4 is 0 Å². The van der Waals surface area contributed by atoms with Crippen LogP contribution in [-0.2, 0) is 11.3 Å². The molecule has 1 aromatic heterocycles. The average molecular weight is 328 g/mol. The lowest BCUT2D eigenvalue weighted by Gasteiger charge is -2.20. The molecule has 1 aliphatic rings. The van der Waals surface area contributed by atoms with E-state index in [0.29, 0.717) is 12.5 Å². The molecule has 0 bridgehead atoms. The first kappa shape index (κ1) is 16.2. The molecule has 126 valence electrons. The van der Waals surface area contributed by atoms with Crippen LogP contribution in [0.4, 0.5) is 0 Å². The van der Waals surface area contributed by atoms with Gasteiger partial charge < -0.3 is 10.0 Å². The summed E-state index contributed by atoms with van der Waals surface area (Å²) in [6, 6.07) is 10.4. The van der Waals surface area contributed by atoms with Gasteiger partial charge in [0.25, 0.3) is 0 Å². The zero-order chi connectivity index (χ0) is 16.9. The normalized spacial score (nSPS) is 18.2. The summed E-state index contributed by atoms with van der Waals surface area (Å²) in [5.74, 6) is -0.714. The lowest BCUT2D eigenvalue weighted by molar-refractivity contribution is -0.132. The molecule has 0 radical (unpaired) electrons. The smallest absolute Gasteiger partial charge is 0.358 e. The van der Waals surface area contributed by atoms with E-state index in [4.69, 9.17) is 5.11 Å². The van der Waals surface area contributed by atoms with Crippen molar-refractivity contribution < 1.29 is 14.7 Å². The second-order valence-electron chi connectivity index (χ2n) is 6.03. The fourth-order valence-electron chi connectivity index (χ4n) is 3.12. The minimum Gasteiger partial charge on any atom is -0.476 e. The van der Waals surface area contributed by atoms with Gasteiger partial charge in [-0.05, 0) is 30.7 Å². The van der Waals surface area contributed by atoms with Crippen molar-refractivity contribution in [1.29, 1.82) is 0 Å². The highest BCUT2D eigenvalue weighted by molar-refractivity contribution is 5.84. The van der Waals surface area contributed by atoms with Crippen LogP contribution in [0.5, 0.6) is 0 Å². The highest BCUT2D eigenvalue weighted by atomic mass is 16.4. The van der Waals surface area contributed by atoms with Crippen LogP contribution in [0.2, 0.25) is 0 Å². The van der Waals surface area contributed by atoms with E-state index in [-0.39, 0.29) is 18.1 Å². The second-order valence-corrected chi connectivity index (χ2v) is 6.03. The maximum atomic E-state index is 12.4. The number of aromatic carboxylic acids is 1. The average Bonchev–Trinajstić information content (AvgIpc) is 2.91. The van der Waals surface area contributed by atoms with E-state index < -0.39 is 5.97 Å². The third-order valence-corrected chi connectivity index (χ3v) is 4.41. The minimum absolute atomic E-state index is 0.0241.